The third kappa shape index (κ3) is 3.99. The van der Waals surface area contributed by atoms with Crippen molar-refractivity contribution in [3.63, 3.8) is 0 Å². The molecule has 9 heteroatoms. The van der Waals surface area contributed by atoms with Crippen molar-refractivity contribution in [2.45, 2.75) is 30.6 Å². The van der Waals surface area contributed by atoms with Gasteiger partial charge in [-0.1, -0.05) is 24.1 Å². The second kappa shape index (κ2) is 7.40. The van der Waals surface area contributed by atoms with E-state index in [-0.39, 0.29) is 22.8 Å². The highest BCUT2D eigenvalue weighted by Crippen LogP contribution is 2.28. The molecule has 132 valence electrons. The predicted molar refractivity (Wildman–Crippen MR) is 87.9 cm³/mol. The minimum absolute atomic E-state index is 0.0583. The smallest absolute Gasteiger partial charge is 0.330 e. The minimum Gasteiger partial charge on any atom is -0.495 e. The molecule has 0 spiro atoms. The van der Waals surface area contributed by atoms with Crippen LogP contribution in [-0.4, -0.2) is 43.5 Å². The summed E-state index contributed by atoms with van der Waals surface area (Å²) in [6.07, 6.45) is 1.33. The third-order valence-corrected chi connectivity index (χ3v) is 6.38. The number of aliphatic carboxylic acids is 1. The fourth-order valence-corrected chi connectivity index (χ4v) is 4.71. The molecule has 2 unspecified atom stereocenters. The van der Waals surface area contributed by atoms with Crippen LogP contribution in [0.5, 0.6) is 5.75 Å². The molecule has 1 heterocycles. The van der Waals surface area contributed by atoms with E-state index in [4.69, 9.17) is 16.3 Å². The van der Waals surface area contributed by atoms with Gasteiger partial charge < -0.3 is 15.2 Å². The summed E-state index contributed by atoms with van der Waals surface area (Å²) < 4.78 is 29.0. The Morgan fingerprint density at radius 1 is 1.38 bits per heavy atom. The van der Waals surface area contributed by atoms with Gasteiger partial charge in [0.2, 0.25) is 5.91 Å². The first-order valence-electron chi connectivity index (χ1n) is 7.34. The van der Waals surface area contributed by atoms with Crippen LogP contribution in [0.2, 0.25) is 5.02 Å². The van der Waals surface area contributed by atoms with Gasteiger partial charge in [-0.25, -0.2) is 13.2 Å². The van der Waals surface area contributed by atoms with Crippen LogP contribution in [0.1, 0.15) is 30.9 Å². The highest BCUT2D eigenvalue weighted by Gasteiger charge is 2.37. The third-order valence-electron chi connectivity index (χ3n) is 3.91. The monoisotopic (exact) mass is 375 g/mol. The van der Waals surface area contributed by atoms with E-state index in [1.54, 1.807) is 0 Å². The molecule has 1 amide bonds. The Morgan fingerprint density at radius 3 is 2.62 bits per heavy atom. The molecule has 0 saturated carbocycles. The molecule has 0 bridgehead atoms. The van der Waals surface area contributed by atoms with Crippen molar-refractivity contribution in [1.82, 2.24) is 5.32 Å². The van der Waals surface area contributed by atoms with E-state index in [0.717, 1.165) is 0 Å². The summed E-state index contributed by atoms with van der Waals surface area (Å²) in [7, 11) is -2.12. The molecule has 0 aromatic heterocycles. The highest BCUT2D eigenvalue weighted by atomic mass is 35.5. The van der Waals surface area contributed by atoms with Gasteiger partial charge in [-0.3, -0.25) is 4.79 Å². The Balaban J connectivity index is 2.24. The number of hydrogen-bond acceptors (Lipinski definition) is 5. The number of amides is 1. The quantitative estimate of drug-likeness (QED) is 0.808. The van der Waals surface area contributed by atoms with Gasteiger partial charge >= 0.3 is 5.97 Å². The molecule has 1 saturated heterocycles. The zero-order valence-corrected chi connectivity index (χ0v) is 14.6. The lowest BCUT2D eigenvalue weighted by Gasteiger charge is -2.23. The normalized spacial score (nSPS) is 20.8. The molecule has 1 aliphatic rings. The highest BCUT2D eigenvalue weighted by molar-refractivity contribution is 7.92. The number of nitrogens with one attached hydrogen (secondary N) is 1. The minimum atomic E-state index is -3.55. The maximum atomic E-state index is 12.3. The van der Waals surface area contributed by atoms with Crippen molar-refractivity contribution >= 4 is 33.3 Å². The van der Waals surface area contributed by atoms with Gasteiger partial charge in [0.1, 0.15) is 11.0 Å². The van der Waals surface area contributed by atoms with E-state index in [1.165, 1.54) is 25.3 Å². The fraction of sp³-hybridized carbons (Fsp3) is 0.467. The molecule has 1 aromatic rings. The van der Waals surface area contributed by atoms with Crippen LogP contribution in [0, 0.1) is 0 Å². The lowest BCUT2D eigenvalue weighted by molar-refractivity contribution is -0.142. The summed E-state index contributed by atoms with van der Waals surface area (Å²) in [5, 5.41) is 10.7. The zero-order valence-electron chi connectivity index (χ0n) is 13.0. The van der Waals surface area contributed by atoms with Crippen molar-refractivity contribution in [1.29, 1.82) is 0 Å². The first-order chi connectivity index (χ1) is 11.3. The zero-order chi connectivity index (χ0) is 17.9. The number of methoxy groups -OCH3 is 1. The van der Waals surface area contributed by atoms with Gasteiger partial charge in [-0.15, -0.1) is 0 Å². The van der Waals surface area contributed by atoms with Gasteiger partial charge in [0.25, 0.3) is 0 Å². The van der Waals surface area contributed by atoms with Gasteiger partial charge in [0.15, 0.2) is 15.9 Å². The van der Waals surface area contributed by atoms with Crippen molar-refractivity contribution in [2.24, 2.45) is 0 Å². The van der Waals surface area contributed by atoms with Gasteiger partial charge in [0, 0.05) is 0 Å². The second-order valence-electron chi connectivity index (χ2n) is 5.53. The van der Waals surface area contributed by atoms with Crippen LogP contribution in [0.15, 0.2) is 18.2 Å². The number of carbonyl (C=O) groups is 2. The number of rotatable bonds is 5. The maximum absolute atomic E-state index is 12.3. The molecule has 24 heavy (non-hydrogen) atoms. The Morgan fingerprint density at radius 2 is 2.08 bits per heavy atom. The number of carboxylic acid groups (broad SMARTS) is 1. The molecule has 1 fully saturated rings. The van der Waals surface area contributed by atoms with Crippen molar-refractivity contribution < 1.29 is 27.9 Å². The number of hydrogen-bond donors (Lipinski definition) is 2. The van der Waals surface area contributed by atoms with Crippen LogP contribution in [0.3, 0.4) is 0 Å². The number of benzene rings is 1. The van der Waals surface area contributed by atoms with E-state index in [1.807, 2.05) is 0 Å². The molecule has 2 atom stereocenters. The molecule has 1 aliphatic heterocycles. The molecule has 7 nitrogen and oxygen atoms in total. The topological polar surface area (TPSA) is 110 Å². The molecule has 1 aromatic carbocycles. The van der Waals surface area contributed by atoms with Gasteiger partial charge in [-0.05, 0) is 30.5 Å². The Labute approximate surface area is 144 Å². The Kier molecular flexibility index (Phi) is 5.71. The Hall–Kier alpha value is -1.80. The standard InChI is InChI=1S/C15H18ClNO6S/c1-23-11-6-5-9(8-10(11)16)13(15(19)20)17-14(18)12-4-2-3-7-24(12,21)22/h5-6,8,12-13H,2-4,7H2,1H3,(H,17,18)(H,19,20). The van der Waals surface area contributed by atoms with Gasteiger partial charge in [-0.2, -0.15) is 0 Å². The summed E-state index contributed by atoms with van der Waals surface area (Å²) in [5.74, 6) is -1.80. The van der Waals surface area contributed by atoms with E-state index in [0.29, 0.717) is 18.6 Å². The summed E-state index contributed by atoms with van der Waals surface area (Å²) in [4.78, 5) is 23.8. The number of ether oxygens (including phenoxy) is 1. The molecular weight excluding hydrogens is 358 g/mol. The number of carboxylic acids is 1. The van der Waals surface area contributed by atoms with E-state index in [9.17, 15) is 23.1 Å². The van der Waals surface area contributed by atoms with Crippen molar-refractivity contribution in [3.8, 4) is 5.75 Å². The first-order valence-corrected chi connectivity index (χ1v) is 9.44. The predicted octanol–water partition coefficient (Wildman–Crippen LogP) is 1.56. The summed E-state index contributed by atoms with van der Waals surface area (Å²) in [6.45, 7) is 0. The van der Waals surface area contributed by atoms with Crippen LogP contribution in [-0.2, 0) is 19.4 Å². The SMILES string of the molecule is COc1ccc(C(NC(=O)C2CCCCS2(=O)=O)C(=O)O)cc1Cl. The van der Waals surface area contributed by atoms with E-state index < -0.39 is 33.0 Å². The first kappa shape index (κ1) is 18.5. The molecule has 2 N–H and O–H groups in total. The maximum Gasteiger partial charge on any atom is 0.330 e. The number of sulfone groups is 1. The molecule has 0 aliphatic carbocycles. The van der Waals surface area contributed by atoms with Crippen molar-refractivity contribution in [3.05, 3.63) is 28.8 Å². The summed E-state index contributed by atoms with van der Waals surface area (Å²) in [5.41, 5.74) is 0.231. The number of halogens is 1. The van der Waals surface area contributed by atoms with Gasteiger partial charge in [0.05, 0.1) is 17.9 Å². The molecule has 2 rings (SSSR count). The second-order valence-corrected chi connectivity index (χ2v) is 8.24. The van der Waals surface area contributed by atoms with Crippen LogP contribution in [0.25, 0.3) is 0 Å². The Bertz CT molecular complexity index is 748. The van der Waals surface area contributed by atoms with E-state index in [2.05, 4.69) is 5.32 Å². The lowest BCUT2D eigenvalue weighted by atomic mass is 10.1. The average Bonchev–Trinajstić information content (AvgIpc) is 2.51. The lowest BCUT2D eigenvalue weighted by Crippen LogP contribution is -2.45. The largest absolute Gasteiger partial charge is 0.495 e. The average molecular weight is 376 g/mol. The van der Waals surface area contributed by atoms with Crippen LogP contribution >= 0.6 is 11.6 Å². The molecule has 0 radical (unpaired) electrons. The fourth-order valence-electron chi connectivity index (χ4n) is 2.63. The van der Waals surface area contributed by atoms with Crippen molar-refractivity contribution in [2.75, 3.05) is 12.9 Å². The number of carbonyl (C=O) groups excluding carboxylic acids is 1. The van der Waals surface area contributed by atoms with Crippen LogP contribution < -0.4 is 10.1 Å². The summed E-state index contributed by atoms with van der Waals surface area (Å²) in [6, 6.07) is 2.92. The molecular formula is C15H18ClNO6S. The summed E-state index contributed by atoms with van der Waals surface area (Å²) >= 11 is 5.98. The van der Waals surface area contributed by atoms with E-state index >= 15 is 0 Å². The van der Waals surface area contributed by atoms with Crippen LogP contribution in [0.4, 0.5) is 0 Å².